The van der Waals surface area contributed by atoms with E-state index in [1.165, 1.54) is 0 Å². The van der Waals surface area contributed by atoms with Crippen LogP contribution in [0.5, 0.6) is 0 Å². The lowest BCUT2D eigenvalue weighted by atomic mass is 9.77. The molecule has 1 saturated heterocycles. The van der Waals surface area contributed by atoms with Gasteiger partial charge in [-0.25, -0.2) is 4.98 Å². The van der Waals surface area contributed by atoms with Gasteiger partial charge in [-0.2, -0.15) is 5.10 Å². The van der Waals surface area contributed by atoms with Crippen LogP contribution in [0.15, 0.2) is 6.33 Å². The van der Waals surface area contributed by atoms with Crippen LogP contribution in [-0.2, 0) is 17.7 Å². The summed E-state index contributed by atoms with van der Waals surface area (Å²) in [6.07, 6.45) is 3.91. The van der Waals surface area contributed by atoms with E-state index in [0.29, 0.717) is 0 Å². The summed E-state index contributed by atoms with van der Waals surface area (Å²) in [5, 5.41) is 7.93. The Labute approximate surface area is 122 Å². The molecule has 2 atom stereocenters. The summed E-state index contributed by atoms with van der Waals surface area (Å²) >= 11 is 0. The second-order valence-electron chi connectivity index (χ2n) is 6.90. The smallest absolute Gasteiger partial charge is 0.138 e. The second-order valence-corrected chi connectivity index (χ2v) is 6.90. The molecule has 5 nitrogen and oxygen atoms in total. The molecule has 0 bridgehead atoms. The molecule has 20 heavy (non-hydrogen) atoms. The number of hydrogen-bond acceptors (Lipinski definition) is 4. The fourth-order valence-electron chi connectivity index (χ4n) is 2.79. The maximum atomic E-state index is 5.86. The van der Waals surface area contributed by atoms with Gasteiger partial charge in [0.25, 0.3) is 0 Å². The number of nitrogens with one attached hydrogen (secondary N) is 1. The van der Waals surface area contributed by atoms with Crippen molar-refractivity contribution in [2.24, 2.45) is 5.41 Å². The van der Waals surface area contributed by atoms with Crippen LogP contribution in [0.1, 0.15) is 46.9 Å². The van der Waals surface area contributed by atoms with Crippen LogP contribution in [0.3, 0.4) is 0 Å². The summed E-state index contributed by atoms with van der Waals surface area (Å²) in [6, 6.07) is 0. The predicted molar refractivity (Wildman–Crippen MR) is 79.6 cm³/mol. The Morgan fingerprint density at radius 2 is 2.25 bits per heavy atom. The van der Waals surface area contributed by atoms with Crippen LogP contribution < -0.4 is 5.32 Å². The number of aromatic nitrogens is 3. The van der Waals surface area contributed by atoms with Gasteiger partial charge in [-0.3, -0.25) is 4.68 Å². The first-order valence-corrected chi connectivity index (χ1v) is 7.60. The van der Waals surface area contributed by atoms with Crippen molar-refractivity contribution in [1.29, 1.82) is 0 Å². The van der Waals surface area contributed by atoms with E-state index < -0.39 is 0 Å². The third-order valence-electron chi connectivity index (χ3n) is 4.31. The molecule has 1 aromatic rings. The highest BCUT2D eigenvalue weighted by atomic mass is 16.5. The molecule has 0 saturated carbocycles. The zero-order valence-corrected chi connectivity index (χ0v) is 13.4. The number of hydrogen-bond donors (Lipinski definition) is 1. The molecule has 5 heteroatoms. The predicted octanol–water partition coefficient (Wildman–Crippen LogP) is 2.02. The van der Waals surface area contributed by atoms with Gasteiger partial charge in [0, 0.05) is 37.1 Å². The van der Waals surface area contributed by atoms with E-state index in [-0.39, 0.29) is 17.1 Å². The third kappa shape index (κ3) is 3.38. The number of rotatable bonds is 5. The molecule has 1 fully saturated rings. The first-order chi connectivity index (χ1) is 9.36. The number of aryl methyl sites for hydroxylation is 1. The molecule has 0 radical (unpaired) electrons. The van der Waals surface area contributed by atoms with Crippen molar-refractivity contribution in [3.8, 4) is 0 Å². The van der Waals surface area contributed by atoms with E-state index in [2.05, 4.69) is 50.0 Å². The van der Waals surface area contributed by atoms with E-state index in [9.17, 15) is 0 Å². The van der Waals surface area contributed by atoms with Gasteiger partial charge >= 0.3 is 0 Å². The minimum atomic E-state index is 0.118. The van der Waals surface area contributed by atoms with Gasteiger partial charge in [0.2, 0.25) is 0 Å². The highest BCUT2D eigenvalue weighted by Crippen LogP contribution is 2.37. The van der Waals surface area contributed by atoms with Gasteiger partial charge in [-0.1, -0.05) is 0 Å². The number of nitrogens with zero attached hydrogens (tertiary/aromatic N) is 3. The van der Waals surface area contributed by atoms with Crippen LogP contribution in [0, 0.1) is 5.41 Å². The average Bonchev–Trinajstić information content (AvgIpc) is 2.95. The first-order valence-electron chi connectivity index (χ1n) is 7.60. The summed E-state index contributed by atoms with van der Waals surface area (Å²) in [6.45, 7) is 13.6. The molecule has 114 valence electrons. The fraction of sp³-hybridized carbons (Fsp3) is 0.867. The Morgan fingerprint density at radius 3 is 2.80 bits per heavy atom. The van der Waals surface area contributed by atoms with Crippen molar-refractivity contribution in [1.82, 2.24) is 20.1 Å². The van der Waals surface area contributed by atoms with Crippen molar-refractivity contribution in [3.05, 3.63) is 12.2 Å². The van der Waals surface area contributed by atoms with Crippen molar-refractivity contribution in [2.75, 3.05) is 13.2 Å². The molecular weight excluding hydrogens is 252 g/mol. The van der Waals surface area contributed by atoms with Crippen LogP contribution >= 0.6 is 0 Å². The third-order valence-corrected chi connectivity index (χ3v) is 4.31. The molecule has 1 N–H and O–H groups in total. The Hall–Kier alpha value is -0.940. The Kier molecular flexibility index (Phi) is 4.49. The van der Waals surface area contributed by atoms with Crippen LogP contribution in [0.4, 0.5) is 0 Å². The van der Waals surface area contributed by atoms with E-state index >= 15 is 0 Å². The van der Waals surface area contributed by atoms with Gasteiger partial charge < -0.3 is 10.1 Å². The zero-order valence-electron chi connectivity index (χ0n) is 13.4. The van der Waals surface area contributed by atoms with Gasteiger partial charge in [-0.15, -0.1) is 0 Å². The van der Waals surface area contributed by atoms with Crippen LogP contribution in [0.2, 0.25) is 0 Å². The molecule has 1 aliphatic rings. The van der Waals surface area contributed by atoms with Crippen LogP contribution in [0.25, 0.3) is 0 Å². The lowest BCUT2D eigenvalue weighted by molar-refractivity contribution is 0.0582. The molecule has 0 aliphatic carbocycles. The van der Waals surface area contributed by atoms with Gasteiger partial charge in [0.1, 0.15) is 12.2 Å². The standard InChI is InChI=1S/C15H28N4O/c1-6-19-13(16-11-18-19)9-15(7-8-20-12(15)2)10-17-14(3,4)5/h11-12,17H,6-10H2,1-5H3. The highest BCUT2D eigenvalue weighted by Gasteiger charge is 2.43. The molecule has 1 aromatic heterocycles. The van der Waals surface area contributed by atoms with Crippen molar-refractivity contribution in [3.63, 3.8) is 0 Å². The average molecular weight is 280 g/mol. The lowest BCUT2D eigenvalue weighted by Crippen LogP contribution is -2.48. The SMILES string of the molecule is CCn1ncnc1CC1(CNC(C)(C)C)CCOC1C. The van der Waals surface area contributed by atoms with Crippen molar-refractivity contribution in [2.45, 2.75) is 65.6 Å². The molecule has 2 unspecified atom stereocenters. The minimum Gasteiger partial charge on any atom is -0.378 e. The van der Waals surface area contributed by atoms with E-state index in [4.69, 9.17) is 4.74 Å². The summed E-state index contributed by atoms with van der Waals surface area (Å²) in [4.78, 5) is 4.44. The second kappa shape index (κ2) is 5.82. The topological polar surface area (TPSA) is 52.0 Å². The Balaban J connectivity index is 2.15. The molecule has 0 amide bonds. The molecule has 1 aliphatic heterocycles. The maximum absolute atomic E-state index is 5.86. The molecule has 2 rings (SSSR count). The summed E-state index contributed by atoms with van der Waals surface area (Å²) in [5.74, 6) is 1.07. The van der Waals surface area contributed by atoms with E-state index in [1.54, 1.807) is 6.33 Å². The van der Waals surface area contributed by atoms with Crippen LogP contribution in [-0.4, -0.2) is 39.6 Å². The van der Waals surface area contributed by atoms with Gasteiger partial charge in [-0.05, 0) is 41.0 Å². The van der Waals surface area contributed by atoms with Gasteiger partial charge in [0.15, 0.2) is 0 Å². The molecule has 2 heterocycles. The lowest BCUT2D eigenvalue weighted by Gasteiger charge is -2.35. The van der Waals surface area contributed by atoms with E-state index in [0.717, 1.165) is 38.4 Å². The molecule has 0 aromatic carbocycles. The van der Waals surface area contributed by atoms with Gasteiger partial charge in [0.05, 0.1) is 6.10 Å². The summed E-state index contributed by atoms with van der Waals surface area (Å²) in [7, 11) is 0. The monoisotopic (exact) mass is 280 g/mol. The zero-order chi connectivity index (χ0) is 14.8. The van der Waals surface area contributed by atoms with Crippen molar-refractivity contribution >= 4 is 0 Å². The first kappa shape index (κ1) is 15.4. The maximum Gasteiger partial charge on any atom is 0.138 e. The normalized spacial score (nSPS) is 27.1. The summed E-state index contributed by atoms with van der Waals surface area (Å²) < 4.78 is 7.85. The Morgan fingerprint density at radius 1 is 1.50 bits per heavy atom. The number of ether oxygens (including phenoxy) is 1. The highest BCUT2D eigenvalue weighted by molar-refractivity contribution is 5.01. The minimum absolute atomic E-state index is 0.118. The quantitative estimate of drug-likeness (QED) is 0.896. The molecule has 0 spiro atoms. The Bertz CT molecular complexity index is 437. The van der Waals surface area contributed by atoms with Crippen molar-refractivity contribution < 1.29 is 4.74 Å². The summed E-state index contributed by atoms with van der Waals surface area (Å²) in [5.41, 5.74) is 0.237. The largest absolute Gasteiger partial charge is 0.378 e. The fourth-order valence-corrected chi connectivity index (χ4v) is 2.79. The van der Waals surface area contributed by atoms with E-state index in [1.807, 2.05) is 4.68 Å². The molecular formula is C15H28N4O.